The zero-order chi connectivity index (χ0) is 18.0. The maximum Gasteiger partial charge on any atom is 0.225 e. The summed E-state index contributed by atoms with van der Waals surface area (Å²) in [5, 5.41) is 4.19. The van der Waals surface area contributed by atoms with Gasteiger partial charge < -0.3 is 16.0 Å². The summed E-state index contributed by atoms with van der Waals surface area (Å²) < 4.78 is 0. The summed E-state index contributed by atoms with van der Waals surface area (Å²) in [6, 6.07) is 10.1. The van der Waals surface area contributed by atoms with Gasteiger partial charge in [0.25, 0.3) is 0 Å². The zero-order valence-electron chi connectivity index (χ0n) is 16.2. The summed E-state index contributed by atoms with van der Waals surface area (Å²) in [7, 11) is 3.95. The lowest BCUT2D eigenvalue weighted by Crippen LogP contribution is -2.52. The Kier molecular flexibility index (Phi) is 8.33. The third kappa shape index (κ3) is 5.24. The van der Waals surface area contributed by atoms with E-state index in [1.54, 1.807) is 0 Å². The van der Waals surface area contributed by atoms with Crippen LogP contribution in [-0.2, 0) is 11.3 Å². The van der Waals surface area contributed by atoms with Gasteiger partial charge in [-0.05, 0) is 37.5 Å². The number of amides is 1. The van der Waals surface area contributed by atoms with Gasteiger partial charge in [-0.25, -0.2) is 4.98 Å². The number of aromatic nitrogens is 1. The van der Waals surface area contributed by atoms with Gasteiger partial charge in [-0.15, -0.1) is 24.8 Å². The van der Waals surface area contributed by atoms with Crippen LogP contribution in [0.3, 0.4) is 0 Å². The molecule has 27 heavy (non-hydrogen) atoms. The summed E-state index contributed by atoms with van der Waals surface area (Å²) in [5.74, 6) is 0.851. The number of hydrogen-bond acceptors (Lipinski definition) is 4. The van der Waals surface area contributed by atoms with Crippen LogP contribution in [0.4, 0.5) is 5.82 Å². The van der Waals surface area contributed by atoms with Crippen LogP contribution >= 0.6 is 24.8 Å². The number of nitrogens with two attached hydrogens (primary N) is 1. The first-order valence-electron chi connectivity index (χ1n) is 9.01. The van der Waals surface area contributed by atoms with Crippen LogP contribution < -0.4 is 16.0 Å². The van der Waals surface area contributed by atoms with Gasteiger partial charge in [-0.2, -0.15) is 0 Å². The summed E-state index contributed by atoms with van der Waals surface area (Å²) in [6.07, 6.45) is 3.97. The number of benzene rings is 1. The summed E-state index contributed by atoms with van der Waals surface area (Å²) in [5.41, 5.74) is 7.99. The van der Waals surface area contributed by atoms with E-state index >= 15 is 0 Å². The molecule has 0 saturated heterocycles. The molecule has 1 fully saturated rings. The molecule has 0 aliphatic heterocycles. The molecule has 150 valence electrons. The van der Waals surface area contributed by atoms with Crippen molar-refractivity contribution in [1.29, 1.82) is 0 Å². The lowest BCUT2D eigenvalue weighted by Gasteiger charge is -2.37. The fraction of sp³-hybridized carbons (Fsp3) is 0.500. The highest BCUT2D eigenvalue weighted by Crippen LogP contribution is 2.32. The summed E-state index contributed by atoms with van der Waals surface area (Å²) >= 11 is 0. The Hall–Kier alpha value is -1.56. The van der Waals surface area contributed by atoms with Gasteiger partial charge in [-0.1, -0.05) is 31.0 Å². The van der Waals surface area contributed by atoms with Gasteiger partial charge in [0.2, 0.25) is 5.91 Å². The standard InChI is InChI=1S/C20H28N4O.2ClH/c1-20(21)11-7-6-9-16(20)19(25)22-13-14-12-18(24(2)3)23-17-10-5-4-8-15(14)17;;/h4-5,8,10,12,16H,6-7,9,11,13,21H2,1-3H3,(H,22,25);2*1H. The number of hydrogen-bond donors (Lipinski definition) is 2. The topological polar surface area (TPSA) is 71.2 Å². The van der Waals surface area contributed by atoms with Crippen LogP contribution in [0.25, 0.3) is 10.9 Å². The van der Waals surface area contributed by atoms with Gasteiger partial charge in [0.15, 0.2) is 0 Å². The minimum atomic E-state index is -0.405. The number of nitrogens with one attached hydrogen (secondary N) is 1. The molecule has 3 rings (SSSR count). The Morgan fingerprint density at radius 3 is 2.67 bits per heavy atom. The minimum absolute atomic E-state index is 0. The van der Waals surface area contributed by atoms with Crippen LogP contribution in [0.5, 0.6) is 0 Å². The first kappa shape index (κ1) is 23.5. The fourth-order valence-electron chi connectivity index (χ4n) is 3.70. The van der Waals surface area contributed by atoms with Crippen LogP contribution in [0.2, 0.25) is 0 Å². The normalized spacial score (nSPS) is 21.7. The van der Waals surface area contributed by atoms with E-state index in [1.807, 2.05) is 50.2 Å². The van der Waals surface area contributed by atoms with E-state index in [-0.39, 0.29) is 36.6 Å². The van der Waals surface area contributed by atoms with E-state index in [0.29, 0.717) is 6.54 Å². The van der Waals surface area contributed by atoms with Crippen molar-refractivity contribution >= 4 is 47.4 Å². The van der Waals surface area contributed by atoms with E-state index in [2.05, 4.69) is 16.4 Å². The quantitative estimate of drug-likeness (QED) is 0.803. The van der Waals surface area contributed by atoms with Gasteiger partial charge >= 0.3 is 0 Å². The second-order valence-electron chi connectivity index (χ2n) is 7.57. The van der Waals surface area contributed by atoms with Crippen LogP contribution in [0.15, 0.2) is 30.3 Å². The van der Waals surface area contributed by atoms with E-state index in [0.717, 1.165) is 48.0 Å². The zero-order valence-corrected chi connectivity index (χ0v) is 17.8. The van der Waals surface area contributed by atoms with Gasteiger partial charge in [0.05, 0.1) is 11.4 Å². The molecule has 0 bridgehead atoms. The molecule has 1 heterocycles. The van der Waals surface area contributed by atoms with Gasteiger partial charge in [0, 0.05) is 31.6 Å². The molecule has 2 atom stereocenters. The average Bonchev–Trinajstić information content (AvgIpc) is 2.58. The average molecular weight is 413 g/mol. The van der Waals surface area contributed by atoms with Gasteiger partial charge in [-0.3, -0.25) is 4.79 Å². The highest BCUT2D eigenvalue weighted by molar-refractivity contribution is 5.86. The molecule has 1 aliphatic carbocycles. The van der Waals surface area contributed by atoms with E-state index in [1.165, 1.54) is 0 Å². The van der Waals surface area contributed by atoms with Crippen molar-refractivity contribution in [3.05, 3.63) is 35.9 Å². The SMILES string of the molecule is CN(C)c1cc(CNC(=O)C2CCCCC2(C)N)c2ccccc2n1.Cl.Cl. The van der Waals surface area contributed by atoms with E-state index in [4.69, 9.17) is 5.73 Å². The molecule has 2 aromatic rings. The Bertz CT molecular complexity index is 780. The second-order valence-corrected chi connectivity index (χ2v) is 7.57. The molecule has 7 heteroatoms. The smallest absolute Gasteiger partial charge is 0.225 e. The van der Waals surface area contributed by atoms with Crippen molar-refractivity contribution in [3.63, 3.8) is 0 Å². The number of carbonyl (C=O) groups excluding carboxylic acids is 1. The van der Waals surface area contributed by atoms with Gasteiger partial charge in [0.1, 0.15) is 5.82 Å². The Morgan fingerprint density at radius 2 is 2.00 bits per heavy atom. The van der Waals surface area contributed by atoms with Crippen molar-refractivity contribution in [1.82, 2.24) is 10.3 Å². The third-order valence-electron chi connectivity index (χ3n) is 5.27. The number of fused-ring (bicyclic) bond motifs is 1. The highest BCUT2D eigenvalue weighted by Gasteiger charge is 2.37. The molecule has 0 radical (unpaired) electrons. The van der Waals surface area contributed by atoms with Crippen molar-refractivity contribution in [2.45, 2.75) is 44.7 Å². The third-order valence-corrected chi connectivity index (χ3v) is 5.27. The van der Waals surface area contributed by atoms with Crippen LogP contribution in [0.1, 0.15) is 38.2 Å². The Morgan fingerprint density at radius 1 is 1.30 bits per heavy atom. The first-order chi connectivity index (χ1) is 11.9. The van der Waals surface area contributed by atoms with Crippen LogP contribution in [0, 0.1) is 5.92 Å². The Balaban J connectivity index is 0.00000182. The number of rotatable bonds is 4. The van der Waals surface area contributed by atoms with Crippen LogP contribution in [-0.4, -0.2) is 30.5 Å². The largest absolute Gasteiger partial charge is 0.363 e. The molecule has 1 aliphatic rings. The number of carbonyl (C=O) groups is 1. The molecule has 5 nitrogen and oxygen atoms in total. The monoisotopic (exact) mass is 412 g/mol. The Labute approximate surface area is 173 Å². The number of anilines is 1. The number of nitrogens with zero attached hydrogens (tertiary/aromatic N) is 2. The number of para-hydroxylation sites is 1. The first-order valence-corrected chi connectivity index (χ1v) is 9.01. The van der Waals surface area contributed by atoms with Crippen molar-refractivity contribution in [2.24, 2.45) is 11.7 Å². The number of halogens is 2. The molecular weight excluding hydrogens is 383 g/mol. The maximum absolute atomic E-state index is 12.7. The molecule has 1 saturated carbocycles. The van der Waals surface area contributed by atoms with Crippen molar-refractivity contribution in [3.8, 4) is 0 Å². The molecular formula is C20H30Cl2N4O. The van der Waals surface area contributed by atoms with Crippen molar-refractivity contribution < 1.29 is 4.79 Å². The molecule has 1 aromatic carbocycles. The minimum Gasteiger partial charge on any atom is -0.363 e. The second kappa shape index (κ2) is 9.58. The lowest BCUT2D eigenvalue weighted by molar-refractivity contribution is -0.128. The summed E-state index contributed by atoms with van der Waals surface area (Å²) in [6.45, 7) is 2.50. The summed E-state index contributed by atoms with van der Waals surface area (Å²) in [4.78, 5) is 19.4. The van der Waals surface area contributed by atoms with Crippen molar-refractivity contribution in [2.75, 3.05) is 19.0 Å². The molecule has 1 aromatic heterocycles. The maximum atomic E-state index is 12.7. The highest BCUT2D eigenvalue weighted by atomic mass is 35.5. The lowest BCUT2D eigenvalue weighted by atomic mass is 9.74. The predicted octanol–water partition coefficient (Wildman–Crippen LogP) is 3.67. The molecule has 2 unspecified atom stereocenters. The predicted molar refractivity (Wildman–Crippen MR) is 117 cm³/mol. The molecule has 0 spiro atoms. The molecule has 1 amide bonds. The number of pyridine rings is 1. The van der Waals surface area contributed by atoms with E-state index in [9.17, 15) is 4.79 Å². The molecule has 3 N–H and O–H groups in total. The fourth-order valence-corrected chi connectivity index (χ4v) is 3.70. The van der Waals surface area contributed by atoms with E-state index < -0.39 is 5.54 Å².